The topological polar surface area (TPSA) is 75.6 Å². The van der Waals surface area contributed by atoms with E-state index in [0.29, 0.717) is 0 Å². The molecule has 1 aliphatic rings. The summed E-state index contributed by atoms with van der Waals surface area (Å²) in [6.45, 7) is -0.0271. The van der Waals surface area contributed by atoms with Crippen molar-refractivity contribution in [1.82, 2.24) is 5.32 Å². The van der Waals surface area contributed by atoms with E-state index in [1.807, 2.05) is 0 Å². The van der Waals surface area contributed by atoms with Crippen molar-refractivity contribution in [1.29, 1.82) is 0 Å². The maximum absolute atomic E-state index is 12.9. The van der Waals surface area contributed by atoms with E-state index in [0.717, 1.165) is 6.07 Å². The van der Waals surface area contributed by atoms with Gasteiger partial charge in [0, 0.05) is 13.0 Å². The van der Waals surface area contributed by atoms with Crippen molar-refractivity contribution >= 4 is 11.9 Å². The first-order valence-electron chi connectivity index (χ1n) is 6.52. The maximum Gasteiger partial charge on any atom is 0.416 e. The molecule has 0 aromatic heterocycles. The van der Waals surface area contributed by atoms with Crippen LogP contribution in [0, 0.1) is 0 Å². The highest BCUT2D eigenvalue weighted by atomic mass is 19.4. The van der Waals surface area contributed by atoms with Crippen LogP contribution in [-0.4, -0.2) is 35.7 Å². The van der Waals surface area contributed by atoms with Crippen molar-refractivity contribution in [2.45, 2.75) is 24.6 Å². The maximum atomic E-state index is 12.9. The number of aliphatic carboxylic acids is 1. The minimum Gasteiger partial charge on any atom is -0.479 e. The molecule has 1 aliphatic heterocycles. The van der Waals surface area contributed by atoms with Gasteiger partial charge in [0.2, 0.25) is 5.91 Å². The van der Waals surface area contributed by atoms with Crippen LogP contribution < -0.4 is 5.32 Å². The molecule has 2 N–H and O–H groups in total. The number of rotatable bonds is 4. The van der Waals surface area contributed by atoms with Crippen LogP contribution in [-0.2, 0) is 26.9 Å². The van der Waals surface area contributed by atoms with Gasteiger partial charge in [-0.1, -0.05) is 18.2 Å². The predicted molar refractivity (Wildman–Crippen MR) is 69.1 cm³/mol. The van der Waals surface area contributed by atoms with Crippen LogP contribution in [0.1, 0.15) is 17.5 Å². The van der Waals surface area contributed by atoms with Crippen molar-refractivity contribution in [3.05, 3.63) is 35.4 Å². The number of halogens is 3. The molecule has 1 atom stereocenters. The van der Waals surface area contributed by atoms with Crippen LogP contribution in [0.15, 0.2) is 24.3 Å². The van der Waals surface area contributed by atoms with Gasteiger partial charge in [0.25, 0.3) is 0 Å². The van der Waals surface area contributed by atoms with Gasteiger partial charge in [0.05, 0.1) is 18.6 Å². The monoisotopic (exact) mass is 317 g/mol. The number of amides is 1. The third-order valence-electron chi connectivity index (χ3n) is 3.48. The standard InChI is InChI=1S/C14H14F3NO4/c15-14(16,17)10-4-2-1-3-9(10)7-11(19)18-13(12(20)21)5-6-22-8-13/h1-4H,5-8H2,(H,18,19)(H,20,21). The minimum atomic E-state index is -4.57. The van der Waals surface area contributed by atoms with Crippen LogP contribution in [0.4, 0.5) is 13.2 Å². The fourth-order valence-corrected chi connectivity index (χ4v) is 2.32. The van der Waals surface area contributed by atoms with Gasteiger partial charge in [-0.3, -0.25) is 4.79 Å². The van der Waals surface area contributed by atoms with Crippen molar-refractivity contribution in [3.63, 3.8) is 0 Å². The Balaban J connectivity index is 2.15. The molecule has 1 aromatic carbocycles. The van der Waals surface area contributed by atoms with Gasteiger partial charge in [0.1, 0.15) is 0 Å². The normalized spacial score (nSPS) is 21.6. The van der Waals surface area contributed by atoms with Crippen LogP contribution in [0.2, 0.25) is 0 Å². The quantitative estimate of drug-likeness (QED) is 0.884. The zero-order valence-electron chi connectivity index (χ0n) is 11.4. The highest BCUT2D eigenvalue weighted by Gasteiger charge is 2.44. The third-order valence-corrected chi connectivity index (χ3v) is 3.48. The molecule has 2 rings (SSSR count). The van der Waals surface area contributed by atoms with E-state index in [1.165, 1.54) is 18.2 Å². The Kier molecular flexibility index (Phi) is 4.41. The predicted octanol–water partition coefficient (Wildman–Crippen LogP) is 1.61. The summed E-state index contributed by atoms with van der Waals surface area (Å²) < 4.78 is 43.6. The summed E-state index contributed by atoms with van der Waals surface area (Å²) in [4.78, 5) is 23.2. The van der Waals surface area contributed by atoms with Crippen LogP contribution in [0.5, 0.6) is 0 Å². The molecule has 120 valence electrons. The van der Waals surface area contributed by atoms with Crippen molar-refractivity contribution < 1.29 is 32.6 Å². The molecule has 0 bridgehead atoms. The molecular formula is C14H14F3NO4. The van der Waals surface area contributed by atoms with Crippen LogP contribution in [0.3, 0.4) is 0 Å². The zero-order valence-corrected chi connectivity index (χ0v) is 11.4. The van der Waals surface area contributed by atoms with Crippen LogP contribution >= 0.6 is 0 Å². The second kappa shape index (κ2) is 5.96. The van der Waals surface area contributed by atoms with Crippen LogP contribution in [0.25, 0.3) is 0 Å². The number of benzene rings is 1. The first kappa shape index (κ1) is 16.3. The number of carboxylic acids is 1. The Morgan fingerprint density at radius 1 is 1.32 bits per heavy atom. The lowest BCUT2D eigenvalue weighted by Gasteiger charge is -2.24. The van der Waals surface area contributed by atoms with E-state index in [2.05, 4.69) is 5.32 Å². The van der Waals surface area contributed by atoms with Gasteiger partial charge >= 0.3 is 12.1 Å². The summed E-state index contributed by atoms with van der Waals surface area (Å²) in [6.07, 6.45) is -5.04. The van der Waals surface area contributed by atoms with E-state index < -0.39 is 35.6 Å². The molecule has 1 aromatic rings. The Labute approximate surface area is 124 Å². The lowest BCUT2D eigenvalue weighted by molar-refractivity contribution is -0.147. The molecule has 1 unspecified atom stereocenters. The van der Waals surface area contributed by atoms with Crippen molar-refractivity contribution in [2.75, 3.05) is 13.2 Å². The van der Waals surface area contributed by atoms with Gasteiger partial charge < -0.3 is 15.2 Å². The molecule has 0 aliphatic carbocycles. The highest BCUT2D eigenvalue weighted by molar-refractivity contribution is 5.88. The summed E-state index contributed by atoms with van der Waals surface area (Å²) in [5.41, 5.74) is -2.67. The Bertz CT molecular complexity index is 580. The molecule has 5 nitrogen and oxygen atoms in total. The number of carbonyl (C=O) groups is 2. The fourth-order valence-electron chi connectivity index (χ4n) is 2.32. The van der Waals surface area contributed by atoms with Gasteiger partial charge in [0.15, 0.2) is 5.54 Å². The van der Waals surface area contributed by atoms with Gasteiger partial charge in [-0.2, -0.15) is 13.2 Å². The number of carboxylic acid groups (broad SMARTS) is 1. The van der Waals surface area contributed by atoms with E-state index >= 15 is 0 Å². The summed E-state index contributed by atoms with van der Waals surface area (Å²) in [7, 11) is 0. The summed E-state index contributed by atoms with van der Waals surface area (Å²) in [5.74, 6) is -2.05. The van der Waals surface area contributed by atoms with E-state index in [9.17, 15) is 27.9 Å². The molecule has 0 saturated carbocycles. The molecular weight excluding hydrogens is 303 g/mol. The largest absolute Gasteiger partial charge is 0.479 e. The molecule has 1 saturated heterocycles. The van der Waals surface area contributed by atoms with E-state index in [1.54, 1.807) is 0 Å². The van der Waals surface area contributed by atoms with Gasteiger partial charge in [-0.15, -0.1) is 0 Å². The number of nitrogens with one attached hydrogen (secondary N) is 1. The van der Waals surface area contributed by atoms with E-state index in [-0.39, 0.29) is 25.2 Å². The SMILES string of the molecule is O=C(Cc1ccccc1C(F)(F)F)NC1(C(=O)O)CCOC1. The van der Waals surface area contributed by atoms with Crippen molar-refractivity contribution in [2.24, 2.45) is 0 Å². The highest BCUT2D eigenvalue weighted by Crippen LogP contribution is 2.32. The molecule has 1 fully saturated rings. The first-order chi connectivity index (χ1) is 10.2. The Morgan fingerprint density at radius 2 is 2.00 bits per heavy atom. The first-order valence-corrected chi connectivity index (χ1v) is 6.52. The third kappa shape index (κ3) is 3.38. The summed E-state index contributed by atoms with van der Waals surface area (Å²) in [5, 5.41) is 11.5. The molecule has 1 amide bonds. The Hall–Kier alpha value is -2.09. The zero-order chi connectivity index (χ0) is 16.4. The average molecular weight is 317 g/mol. The lowest BCUT2D eigenvalue weighted by Crippen LogP contribution is -2.55. The van der Waals surface area contributed by atoms with E-state index in [4.69, 9.17) is 4.74 Å². The van der Waals surface area contributed by atoms with Crippen molar-refractivity contribution in [3.8, 4) is 0 Å². The number of hydrogen-bond acceptors (Lipinski definition) is 3. The summed E-state index contributed by atoms with van der Waals surface area (Å²) in [6, 6.07) is 4.70. The lowest BCUT2D eigenvalue weighted by atomic mass is 9.97. The number of carbonyl (C=O) groups excluding carboxylic acids is 1. The smallest absolute Gasteiger partial charge is 0.416 e. The average Bonchev–Trinajstić information content (AvgIpc) is 2.87. The molecule has 8 heteroatoms. The van der Waals surface area contributed by atoms with Gasteiger partial charge in [-0.25, -0.2) is 4.79 Å². The number of hydrogen-bond donors (Lipinski definition) is 2. The molecule has 0 radical (unpaired) electrons. The number of alkyl halides is 3. The molecule has 0 spiro atoms. The fraction of sp³-hybridized carbons (Fsp3) is 0.429. The number of ether oxygens (including phenoxy) is 1. The molecule has 22 heavy (non-hydrogen) atoms. The Morgan fingerprint density at radius 3 is 2.55 bits per heavy atom. The summed E-state index contributed by atoms with van der Waals surface area (Å²) >= 11 is 0. The second-order valence-electron chi connectivity index (χ2n) is 5.07. The molecule has 1 heterocycles. The van der Waals surface area contributed by atoms with Gasteiger partial charge in [-0.05, 0) is 11.6 Å². The second-order valence-corrected chi connectivity index (χ2v) is 5.07. The minimum absolute atomic E-state index is 0.0784.